The Morgan fingerprint density at radius 2 is 0.779 bits per heavy atom. The van der Waals surface area contributed by atoms with Crippen LogP contribution in [-0.2, 0) is 9.31 Å². The highest BCUT2D eigenvalue weighted by Gasteiger charge is 2.51. The van der Waals surface area contributed by atoms with Gasteiger partial charge >= 0.3 is 7.12 Å². The molecule has 104 heavy (non-hydrogen) atoms. The zero-order valence-corrected chi connectivity index (χ0v) is 62.8. The van der Waals surface area contributed by atoms with Crippen LogP contribution in [0.4, 0.5) is 0 Å². The van der Waals surface area contributed by atoms with Crippen LogP contribution in [0.15, 0.2) is 235 Å². The molecule has 0 saturated carbocycles. The third-order valence-electron chi connectivity index (χ3n) is 18.9. The van der Waals surface area contributed by atoms with E-state index < -0.39 is 7.12 Å². The highest BCUT2D eigenvalue weighted by Crippen LogP contribution is 2.51. The van der Waals surface area contributed by atoms with Crippen LogP contribution in [0.3, 0.4) is 0 Å². The van der Waals surface area contributed by atoms with Crippen molar-refractivity contribution in [2.45, 2.75) is 104 Å². The van der Waals surface area contributed by atoms with Crippen molar-refractivity contribution in [2.75, 3.05) is 41.7 Å². The lowest BCUT2D eigenvalue weighted by Gasteiger charge is -2.32. The van der Waals surface area contributed by atoms with Crippen LogP contribution in [0.25, 0.3) is 76.5 Å². The van der Waals surface area contributed by atoms with Crippen LogP contribution in [0.2, 0.25) is 0 Å². The van der Waals surface area contributed by atoms with E-state index in [1.54, 1.807) is 28.4 Å². The van der Waals surface area contributed by atoms with E-state index in [1.807, 2.05) is 109 Å². The van der Waals surface area contributed by atoms with Crippen LogP contribution in [0.5, 0.6) is 34.5 Å². The Morgan fingerprint density at radius 3 is 1.28 bits per heavy atom. The minimum Gasteiger partial charge on any atom is -0.496 e. The third kappa shape index (κ3) is 18.0. The van der Waals surface area contributed by atoms with Gasteiger partial charge in [-0.25, -0.2) is 0 Å². The van der Waals surface area contributed by atoms with E-state index in [-0.39, 0.29) is 11.2 Å². The second-order valence-corrected chi connectivity index (χ2v) is 27.2. The summed E-state index contributed by atoms with van der Waals surface area (Å²) in [6.45, 7) is 14.2. The first-order valence-electron chi connectivity index (χ1n) is 35.8. The molecule has 0 bridgehead atoms. The van der Waals surface area contributed by atoms with E-state index in [1.165, 1.54) is 38.5 Å². The molecule has 0 amide bonds. The fourth-order valence-corrected chi connectivity index (χ4v) is 13.1. The summed E-state index contributed by atoms with van der Waals surface area (Å²) in [5, 5.41) is 8.88. The van der Waals surface area contributed by atoms with Crippen molar-refractivity contribution in [1.82, 2.24) is 0 Å². The first-order valence-corrected chi connectivity index (χ1v) is 36.6. The molecule has 1 aliphatic rings. The molecule has 0 aromatic heterocycles. The van der Waals surface area contributed by atoms with Gasteiger partial charge in [0.05, 0.1) is 52.9 Å². The third-order valence-corrected chi connectivity index (χ3v) is 19.6. The first kappa shape index (κ1) is 74.4. The lowest BCUT2D eigenvalue weighted by Crippen LogP contribution is -2.41. The number of rotatable bonds is 20. The molecule has 1 aliphatic heterocycles. The number of unbranched alkanes of at least 4 members (excludes halogenated alkanes) is 6. The summed E-state index contributed by atoms with van der Waals surface area (Å²) in [6.07, 6.45) is 9.63. The van der Waals surface area contributed by atoms with Crippen LogP contribution in [0.1, 0.15) is 115 Å². The first-order chi connectivity index (χ1) is 50.8. The second kappa shape index (κ2) is 35.9. The molecule has 0 atom stereocenters. The maximum atomic E-state index is 6.29. The molecule has 0 radical (unpaired) electrons. The molecule has 10 heteroatoms. The molecule has 0 aliphatic carbocycles. The smallest absolute Gasteiger partial charge is 0.494 e. The van der Waals surface area contributed by atoms with Gasteiger partial charge in [0.1, 0.15) is 34.5 Å². The SMILES string of the molecule is CCCCCCOc1ccc(C#CC#Cc2ccccc2-c2cc3ccccc3c(-c3c(OC)ccc4ccccc34)c2OC)cc1.CCCCCCOc1ccc(C#CC#Cc2ccccc2Br)cc1.COc1ccc2ccccc2c1-c1c(OC)ccc2cc(B3OC(C)(C)C(C)(C)O3)ccc12. The lowest BCUT2D eigenvalue weighted by atomic mass is 9.77. The lowest BCUT2D eigenvalue weighted by molar-refractivity contribution is 0.00578. The van der Waals surface area contributed by atoms with E-state index in [2.05, 4.69) is 226 Å². The minimum atomic E-state index is -0.406. The average Bonchev–Trinajstić information content (AvgIpc) is 1.17. The average molecular weight is 1440 g/mol. The molecule has 1 saturated heterocycles. The van der Waals surface area contributed by atoms with Crippen LogP contribution in [-0.4, -0.2) is 60.0 Å². The fourth-order valence-electron chi connectivity index (χ4n) is 12.7. The molecule has 12 aromatic rings. The monoisotopic (exact) mass is 1430 g/mol. The predicted octanol–water partition coefficient (Wildman–Crippen LogP) is 22.5. The van der Waals surface area contributed by atoms with Gasteiger partial charge in [-0.3, -0.25) is 0 Å². The van der Waals surface area contributed by atoms with E-state index in [0.29, 0.717) is 0 Å². The van der Waals surface area contributed by atoms with Gasteiger partial charge in [0.15, 0.2) is 0 Å². The maximum Gasteiger partial charge on any atom is 0.494 e. The molecular weight excluding hydrogens is 1350 g/mol. The number of hydrogen-bond donors (Lipinski definition) is 0. The van der Waals surface area contributed by atoms with Gasteiger partial charge in [-0.1, -0.05) is 216 Å². The number of ether oxygens (including phenoxy) is 6. The van der Waals surface area contributed by atoms with Crippen LogP contribution < -0.4 is 33.9 Å². The Bertz CT molecular complexity index is 5230. The Hall–Kier alpha value is -10.8. The molecule has 0 spiro atoms. The quantitative estimate of drug-likeness (QED) is 0.0425. The summed E-state index contributed by atoms with van der Waals surface area (Å²) in [6, 6.07) is 77.9. The van der Waals surface area contributed by atoms with Crippen molar-refractivity contribution in [2.24, 2.45) is 0 Å². The van der Waals surface area contributed by atoms with Crippen molar-refractivity contribution in [3.63, 3.8) is 0 Å². The molecule has 12 aromatic carbocycles. The van der Waals surface area contributed by atoms with Crippen LogP contribution >= 0.6 is 15.9 Å². The van der Waals surface area contributed by atoms with Crippen molar-refractivity contribution in [1.29, 1.82) is 0 Å². The minimum absolute atomic E-state index is 0.381. The topological polar surface area (TPSA) is 73.8 Å². The van der Waals surface area contributed by atoms with Gasteiger partial charge in [0.25, 0.3) is 0 Å². The van der Waals surface area contributed by atoms with Gasteiger partial charge in [-0.05, 0) is 220 Å². The Morgan fingerprint density at radius 1 is 0.365 bits per heavy atom. The molecule has 13 rings (SSSR count). The number of benzene rings is 12. The van der Waals surface area contributed by atoms with E-state index >= 15 is 0 Å². The summed E-state index contributed by atoms with van der Waals surface area (Å²) in [7, 11) is 6.47. The maximum absolute atomic E-state index is 6.29. The zero-order chi connectivity index (χ0) is 72.8. The number of methoxy groups -OCH3 is 4. The largest absolute Gasteiger partial charge is 0.496 e. The summed E-state index contributed by atoms with van der Waals surface area (Å²) in [5.74, 6) is 29.5. The molecule has 1 fully saturated rings. The van der Waals surface area contributed by atoms with Crippen molar-refractivity contribution < 1.29 is 37.7 Å². The number of hydrogen-bond acceptors (Lipinski definition) is 8. The highest BCUT2D eigenvalue weighted by molar-refractivity contribution is 9.10. The predicted molar refractivity (Wildman–Crippen MR) is 435 cm³/mol. The molecule has 0 unspecified atom stereocenters. The van der Waals surface area contributed by atoms with E-state index in [0.717, 1.165) is 169 Å². The molecule has 0 N–H and O–H groups in total. The van der Waals surface area contributed by atoms with Gasteiger partial charge in [0.2, 0.25) is 0 Å². The summed E-state index contributed by atoms with van der Waals surface area (Å²) < 4.78 is 49.1. The molecule has 1 heterocycles. The van der Waals surface area contributed by atoms with Crippen molar-refractivity contribution in [3.8, 4) is 115 Å². The Kier molecular flexibility index (Phi) is 25.7. The normalized spacial score (nSPS) is 12.3. The van der Waals surface area contributed by atoms with Gasteiger partial charge in [-0.2, -0.15) is 0 Å². The van der Waals surface area contributed by atoms with Crippen molar-refractivity contribution in [3.05, 3.63) is 257 Å². The van der Waals surface area contributed by atoms with Gasteiger partial charge < -0.3 is 37.7 Å². The summed E-state index contributed by atoms with van der Waals surface area (Å²) in [4.78, 5) is 0. The Labute approximate surface area is 623 Å². The second-order valence-electron chi connectivity index (χ2n) is 26.4. The number of fused-ring (bicyclic) bond motifs is 4. The van der Waals surface area contributed by atoms with Gasteiger partial charge in [-0.15, -0.1) is 0 Å². The standard InChI is InChI=1S/C44H38O3.C28H29BO4.C22H21BrO/c1-4-5-6-15-30-47-36-27-24-32(25-28-36)16-7-8-17-33-18-9-12-21-37(33)40-31-35-20-11-14-23-39(35)43(44(40)46-3)42-38-22-13-10-19-34(38)26-29-41(42)45-2;1-27(2)28(3,4)33-29(32-27)20-13-14-22-19(17-20)12-16-24(31-6)26(22)25-21-10-8-7-9-18(21)11-15-23(25)30-5;1-2-3-4-9-18-24-21-16-14-19(15-17-21)10-5-6-11-20-12-7-8-13-22(20)23/h9-14,18-29,31H,4-6,15,30H2,1-3H3;7-17H,1-6H3;7-8,12-17H,2-4,9,18H2,1H3. The van der Waals surface area contributed by atoms with Crippen molar-refractivity contribution >= 4 is 71.6 Å². The summed E-state index contributed by atoms with van der Waals surface area (Å²) in [5.41, 5.74) is 9.87. The Balaban J connectivity index is 0.000000166. The zero-order valence-electron chi connectivity index (χ0n) is 61.2. The highest BCUT2D eigenvalue weighted by atomic mass is 79.9. The molecule has 522 valence electrons. The molecular formula is C94H88BBrO8. The summed E-state index contributed by atoms with van der Waals surface area (Å²) >= 11 is 3.47. The van der Waals surface area contributed by atoms with E-state index in [4.69, 9.17) is 37.7 Å². The van der Waals surface area contributed by atoms with E-state index in [9.17, 15) is 0 Å². The molecule has 8 nitrogen and oxygen atoms in total. The van der Waals surface area contributed by atoms with Gasteiger partial charge in [0, 0.05) is 60.1 Å². The van der Waals surface area contributed by atoms with Crippen LogP contribution in [0, 0.1) is 47.4 Å². The number of halogens is 1. The fraction of sp³-hybridized carbons (Fsp3) is 0.234.